The lowest BCUT2D eigenvalue weighted by Gasteiger charge is -2.26. The Bertz CT molecular complexity index is 4340. The molecule has 0 saturated heterocycles. The van der Waals surface area contributed by atoms with Gasteiger partial charge in [0.1, 0.15) is 0 Å². The molecule has 0 N–H and O–H groups in total. The van der Waals surface area contributed by atoms with Crippen LogP contribution in [0.2, 0.25) is 0 Å². The molecule has 4 heteroatoms. The summed E-state index contributed by atoms with van der Waals surface area (Å²) >= 11 is 0. The topological polar surface area (TPSA) is 16.3 Å². The van der Waals surface area contributed by atoms with Gasteiger partial charge in [0.05, 0.1) is 22.1 Å². The summed E-state index contributed by atoms with van der Waals surface area (Å²) in [5.74, 6) is 0. The second-order valence-electron chi connectivity index (χ2n) is 20.1. The average Bonchev–Trinajstić information content (AvgIpc) is 4.21. The Morgan fingerprint density at radius 3 is 0.821 bits per heavy atom. The van der Waals surface area contributed by atoms with Gasteiger partial charge >= 0.3 is 0 Å². The third kappa shape index (κ3) is 7.45. The van der Waals surface area contributed by atoms with E-state index in [0.29, 0.717) is 0 Å². The van der Waals surface area contributed by atoms with Gasteiger partial charge in [0.25, 0.3) is 0 Å². The molecule has 0 aliphatic carbocycles. The van der Waals surface area contributed by atoms with Crippen LogP contribution in [0, 0.1) is 0 Å². The highest BCUT2D eigenvalue weighted by Crippen LogP contribution is 2.47. The van der Waals surface area contributed by atoms with E-state index in [1.807, 2.05) is 0 Å². The monoisotopic (exact) mass is 994 g/mol. The number of fused-ring (bicyclic) bond motifs is 8. The molecule has 0 aliphatic rings. The van der Waals surface area contributed by atoms with Gasteiger partial charge in [0.15, 0.2) is 0 Å². The minimum atomic E-state index is 1.09. The number of aromatic nitrogens is 2. The van der Waals surface area contributed by atoms with Crippen molar-refractivity contribution >= 4 is 99.3 Å². The first-order chi connectivity index (χ1) is 38.7. The maximum absolute atomic E-state index is 2.38. The van der Waals surface area contributed by atoms with Crippen molar-refractivity contribution in [1.82, 2.24) is 9.13 Å². The van der Waals surface area contributed by atoms with Gasteiger partial charge in [-0.2, -0.15) is 0 Å². The van der Waals surface area contributed by atoms with Crippen LogP contribution in [0.4, 0.5) is 34.1 Å². The van der Waals surface area contributed by atoms with Gasteiger partial charge in [-0.15, -0.1) is 0 Å². The van der Waals surface area contributed by atoms with E-state index in [-0.39, 0.29) is 0 Å². The molecular weight excluding hydrogens is 945 g/mol. The van der Waals surface area contributed by atoms with E-state index < -0.39 is 0 Å². The lowest BCUT2D eigenvalue weighted by molar-refractivity contribution is 1.18. The van der Waals surface area contributed by atoms with Crippen LogP contribution in [0.1, 0.15) is 0 Å². The SMILES string of the molecule is c1ccc(N(c2ccc(-c3c4ccccc4c(-c4ccc(N(c5ccccc5)c5ccc6c(c5)c5ccccc5n6-c5ccccc5)cc4)c4ccccc34)cc2)c2ccc3c(c2)c2ccccc2n3-c2ccccc2)cc1. The third-order valence-corrected chi connectivity index (χ3v) is 15.6. The Labute approximate surface area is 452 Å². The van der Waals surface area contributed by atoms with Crippen molar-refractivity contribution in [2.75, 3.05) is 9.80 Å². The molecule has 2 aromatic heterocycles. The molecule has 0 aliphatic heterocycles. The third-order valence-electron chi connectivity index (χ3n) is 15.6. The Morgan fingerprint density at radius 2 is 0.462 bits per heavy atom. The second kappa shape index (κ2) is 18.7. The zero-order chi connectivity index (χ0) is 51.5. The first-order valence-electron chi connectivity index (χ1n) is 26.8. The number of hydrogen-bond acceptors (Lipinski definition) is 2. The number of rotatable bonds is 10. The highest BCUT2D eigenvalue weighted by atomic mass is 15.1. The quantitative estimate of drug-likeness (QED) is 0.127. The van der Waals surface area contributed by atoms with Crippen molar-refractivity contribution in [3.8, 4) is 33.6 Å². The summed E-state index contributed by atoms with van der Waals surface area (Å²) in [5, 5.41) is 9.76. The van der Waals surface area contributed by atoms with Gasteiger partial charge in [0.2, 0.25) is 0 Å². The molecule has 78 heavy (non-hydrogen) atoms. The fraction of sp³-hybridized carbons (Fsp3) is 0. The molecule has 0 atom stereocenters. The minimum Gasteiger partial charge on any atom is -0.310 e. The lowest BCUT2D eigenvalue weighted by atomic mass is 9.86. The van der Waals surface area contributed by atoms with E-state index in [1.54, 1.807) is 0 Å². The number of para-hydroxylation sites is 6. The molecule has 0 bridgehead atoms. The predicted molar refractivity (Wildman–Crippen MR) is 330 cm³/mol. The Balaban J connectivity index is 0.824. The van der Waals surface area contributed by atoms with Gasteiger partial charge in [-0.25, -0.2) is 0 Å². The van der Waals surface area contributed by atoms with Crippen LogP contribution in [-0.2, 0) is 0 Å². The molecule has 0 unspecified atom stereocenters. The predicted octanol–water partition coefficient (Wildman–Crippen LogP) is 20.5. The van der Waals surface area contributed by atoms with Crippen LogP contribution < -0.4 is 9.80 Å². The van der Waals surface area contributed by atoms with Crippen LogP contribution in [-0.4, -0.2) is 9.13 Å². The van der Waals surface area contributed by atoms with Crippen LogP contribution in [0.3, 0.4) is 0 Å². The first kappa shape index (κ1) is 45.0. The van der Waals surface area contributed by atoms with Crippen molar-refractivity contribution in [2.24, 2.45) is 0 Å². The van der Waals surface area contributed by atoms with Gasteiger partial charge in [-0.05, 0) is 165 Å². The van der Waals surface area contributed by atoms with Gasteiger partial charge < -0.3 is 18.9 Å². The van der Waals surface area contributed by atoms with Crippen LogP contribution >= 0.6 is 0 Å². The van der Waals surface area contributed by atoms with Crippen LogP contribution in [0.5, 0.6) is 0 Å². The number of hydrogen-bond donors (Lipinski definition) is 0. The first-order valence-corrected chi connectivity index (χ1v) is 26.8. The number of anilines is 6. The van der Waals surface area contributed by atoms with E-state index in [0.717, 1.165) is 45.5 Å². The van der Waals surface area contributed by atoms with E-state index in [1.165, 1.54) is 87.4 Å². The Hall–Kier alpha value is -10.4. The molecule has 0 amide bonds. The zero-order valence-electron chi connectivity index (χ0n) is 42.7. The molecule has 15 rings (SSSR count). The van der Waals surface area contributed by atoms with E-state index in [4.69, 9.17) is 0 Å². The summed E-state index contributed by atoms with van der Waals surface area (Å²) in [6.45, 7) is 0. The maximum Gasteiger partial charge on any atom is 0.0542 e. The van der Waals surface area contributed by atoms with Crippen molar-refractivity contribution in [3.63, 3.8) is 0 Å². The molecule has 13 aromatic carbocycles. The summed E-state index contributed by atoms with van der Waals surface area (Å²) in [7, 11) is 0. The van der Waals surface area contributed by atoms with E-state index in [2.05, 4.69) is 322 Å². The molecule has 15 aromatic rings. The van der Waals surface area contributed by atoms with Crippen molar-refractivity contribution in [1.29, 1.82) is 0 Å². The molecule has 4 nitrogen and oxygen atoms in total. The summed E-state index contributed by atoms with van der Waals surface area (Å²) in [6.07, 6.45) is 0. The molecule has 366 valence electrons. The van der Waals surface area contributed by atoms with Gasteiger partial charge in [0, 0.05) is 67.0 Å². The van der Waals surface area contributed by atoms with Crippen LogP contribution in [0.15, 0.2) is 303 Å². The fourth-order valence-corrected chi connectivity index (χ4v) is 12.3. The van der Waals surface area contributed by atoms with Gasteiger partial charge in [-0.3, -0.25) is 0 Å². The Morgan fingerprint density at radius 1 is 0.192 bits per heavy atom. The summed E-state index contributed by atoms with van der Waals surface area (Å²) < 4.78 is 4.75. The maximum atomic E-state index is 2.38. The van der Waals surface area contributed by atoms with Crippen molar-refractivity contribution in [2.45, 2.75) is 0 Å². The van der Waals surface area contributed by atoms with Crippen molar-refractivity contribution in [3.05, 3.63) is 303 Å². The number of nitrogens with zero attached hydrogens (tertiary/aromatic N) is 4. The molecule has 0 fully saturated rings. The van der Waals surface area contributed by atoms with Crippen LogP contribution in [0.25, 0.3) is 98.8 Å². The van der Waals surface area contributed by atoms with Crippen molar-refractivity contribution < 1.29 is 0 Å². The van der Waals surface area contributed by atoms with E-state index in [9.17, 15) is 0 Å². The minimum absolute atomic E-state index is 1.09. The lowest BCUT2D eigenvalue weighted by Crippen LogP contribution is -2.09. The number of benzene rings is 13. The largest absolute Gasteiger partial charge is 0.310 e. The summed E-state index contributed by atoms with van der Waals surface area (Å²) in [5.41, 5.74) is 18.4. The zero-order valence-corrected chi connectivity index (χ0v) is 42.7. The summed E-state index contributed by atoms with van der Waals surface area (Å²) in [6, 6.07) is 110. The van der Waals surface area contributed by atoms with E-state index >= 15 is 0 Å². The molecule has 0 radical (unpaired) electrons. The fourth-order valence-electron chi connectivity index (χ4n) is 12.3. The average molecular weight is 995 g/mol. The van der Waals surface area contributed by atoms with Gasteiger partial charge in [-0.1, -0.05) is 182 Å². The Kier molecular flexibility index (Phi) is 10.8. The standard InChI is InChI=1S/C74H50N4/c1-5-21-53(22-6-1)75(59-45-47-71-67(49-59)61-29-17-19-35-69(61)77(71)55-25-9-3-10-26-55)57-41-37-51(38-42-57)73-63-31-13-15-33-65(63)74(66-34-16-14-32-64(66)73)52-39-43-58(44-40-52)76(54-23-7-2-8-24-54)60-46-48-72-68(50-60)62-30-18-20-36-70(62)78(72)56-27-11-4-12-28-56/h1-50H. The molecule has 0 spiro atoms. The summed E-state index contributed by atoms with van der Waals surface area (Å²) in [4.78, 5) is 4.76. The smallest absolute Gasteiger partial charge is 0.0542 e. The molecule has 2 heterocycles. The second-order valence-corrected chi connectivity index (χ2v) is 20.1. The molecule has 0 saturated carbocycles. The highest BCUT2D eigenvalue weighted by molar-refractivity contribution is 6.21. The molecular formula is C74H50N4. The normalized spacial score (nSPS) is 11.6. The highest BCUT2D eigenvalue weighted by Gasteiger charge is 2.22.